The summed E-state index contributed by atoms with van der Waals surface area (Å²) in [7, 11) is 0. The SMILES string of the molecule is CC(C)CCCC(O)c1ccncc1F. The molecule has 0 bridgehead atoms. The van der Waals surface area contributed by atoms with Gasteiger partial charge in [-0.25, -0.2) is 4.39 Å². The van der Waals surface area contributed by atoms with Gasteiger partial charge in [0.1, 0.15) is 5.82 Å². The minimum Gasteiger partial charge on any atom is -0.388 e. The smallest absolute Gasteiger partial charge is 0.147 e. The second kappa shape index (κ2) is 5.81. The average molecular weight is 211 g/mol. The number of hydrogen-bond donors (Lipinski definition) is 1. The van der Waals surface area contributed by atoms with E-state index in [9.17, 15) is 9.50 Å². The molecule has 1 unspecified atom stereocenters. The standard InChI is InChI=1S/C12H18FNO/c1-9(2)4-3-5-12(15)10-6-7-14-8-11(10)13/h6-9,12,15H,3-5H2,1-2H3. The van der Waals surface area contributed by atoms with E-state index in [0.717, 1.165) is 19.0 Å². The summed E-state index contributed by atoms with van der Waals surface area (Å²) in [6.45, 7) is 4.28. The zero-order chi connectivity index (χ0) is 11.3. The summed E-state index contributed by atoms with van der Waals surface area (Å²) in [6, 6.07) is 1.54. The number of hydrogen-bond acceptors (Lipinski definition) is 2. The molecular formula is C12H18FNO. The third-order valence-electron chi connectivity index (χ3n) is 2.42. The van der Waals surface area contributed by atoms with Crippen molar-refractivity contribution in [3.8, 4) is 0 Å². The van der Waals surface area contributed by atoms with Crippen LogP contribution in [0.4, 0.5) is 4.39 Å². The largest absolute Gasteiger partial charge is 0.388 e. The molecule has 0 fully saturated rings. The van der Waals surface area contributed by atoms with Crippen molar-refractivity contribution in [3.63, 3.8) is 0 Å². The van der Waals surface area contributed by atoms with Gasteiger partial charge in [0.25, 0.3) is 0 Å². The fraction of sp³-hybridized carbons (Fsp3) is 0.583. The highest BCUT2D eigenvalue weighted by molar-refractivity contribution is 5.15. The van der Waals surface area contributed by atoms with Gasteiger partial charge >= 0.3 is 0 Å². The molecule has 0 aliphatic carbocycles. The summed E-state index contributed by atoms with van der Waals surface area (Å²) in [5.41, 5.74) is 0.355. The lowest BCUT2D eigenvalue weighted by molar-refractivity contribution is 0.157. The maximum atomic E-state index is 13.2. The van der Waals surface area contributed by atoms with Crippen LogP contribution in [0, 0.1) is 11.7 Å². The van der Waals surface area contributed by atoms with E-state index in [1.807, 2.05) is 0 Å². The topological polar surface area (TPSA) is 33.1 Å². The fourth-order valence-corrected chi connectivity index (χ4v) is 1.53. The van der Waals surface area contributed by atoms with Crippen LogP contribution in [-0.2, 0) is 0 Å². The molecule has 15 heavy (non-hydrogen) atoms. The number of halogens is 1. The van der Waals surface area contributed by atoms with E-state index in [4.69, 9.17) is 0 Å². The molecule has 1 aromatic rings. The van der Waals surface area contributed by atoms with E-state index in [1.54, 1.807) is 0 Å². The highest BCUT2D eigenvalue weighted by Crippen LogP contribution is 2.22. The van der Waals surface area contributed by atoms with Crippen molar-refractivity contribution in [2.24, 2.45) is 5.92 Å². The van der Waals surface area contributed by atoms with Gasteiger partial charge in [-0.2, -0.15) is 0 Å². The predicted octanol–water partition coefficient (Wildman–Crippen LogP) is 3.08. The Bertz CT molecular complexity index is 301. The van der Waals surface area contributed by atoms with Gasteiger partial charge in [-0.15, -0.1) is 0 Å². The van der Waals surface area contributed by atoms with Crippen molar-refractivity contribution in [1.29, 1.82) is 0 Å². The molecule has 0 saturated heterocycles. The summed E-state index contributed by atoms with van der Waals surface area (Å²) in [5, 5.41) is 9.75. The fourth-order valence-electron chi connectivity index (χ4n) is 1.53. The van der Waals surface area contributed by atoms with Gasteiger partial charge in [0.05, 0.1) is 12.3 Å². The van der Waals surface area contributed by atoms with Crippen molar-refractivity contribution in [2.75, 3.05) is 0 Å². The second-order valence-corrected chi connectivity index (χ2v) is 4.24. The molecule has 0 saturated carbocycles. The van der Waals surface area contributed by atoms with Gasteiger partial charge in [0, 0.05) is 11.8 Å². The lowest BCUT2D eigenvalue weighted by Gasteiger charge is -2.12. The molecular weight excluding hydrogens is 193 g/mol. The quantitative estimate of drug-likeness (QED) is 0.811. The van der Waals surface area contributed by atoms with E-state index in [0.29, 0.717) is 17.9 Å². The number of nitrogens with zero attached hydrogens (tertiary/aromatic N) is 1. The number of pyridine rings is 1. The summed E-state index contributed by atoms with van der Waals surface area (Å²) >= 11 is 0. The molecule has 1 aromatic heterocycles. The minimum absolute atomic E-state index is 0.355. The zero-order valence-electron chi connectivity index (χ0n) is 9.28. The minimum atomic E-state index is -0.702. The molecule has 1 atom stereocenters. The number of aliphatic hydroxyl groups excluding tert-OH is 1. The lowest BCUT2D eigenvalue weighted by atomic mass is 10.0. The predicted molar refractivity (Wildman–Crippen MR) is 57.8 cm³/mol. The molecule has 1 heterocycles. The van der Waals surface area contributed by atoms with Gasteiger partial charge in [0.15, 0.2) is 0 Å². The third kappa shape index (κ3) is 3.96. The van der Waals surface area contributed by atoms with E-state index in [2.05, 4.69) is 18.8 Å². The number of rotatable bonds is 5. The molecule has 84 valence electrons. The van der Waals surface area contributed by atoms with Crippen molar-refractivity contribution in [2.45, 2.75) is 39.2 Å². The third-order valence-corrected chi connectivity index (χ3v) is 2.42. The van der Waals surface area contributed by atoms with E-state index in [-0.39, 0.29) is 0 Å². The van der Waals surface area contributed by atoms with Crippen LogP contribution >= 0.6 is 0 Å². The molecule has 1 N–H and O–H groups in total. The molecule has 1 rings (SSSR count). The molecule has 2 nitrogen and oxygen atoms in total. The highest BCUT2D eigenvalue weighted by atomic mass is 19.1. The van der Waals surface area contributed by atoms with Gasteiger partial charge in [-0.05, 0) is 18.4 Å². The van der Waals surface area contributed by atoms with Gasteiger partial charge in [-0.1, -0.05) is 26.7 Å². The van der Waals surface area contributed by atoms with Crippen molar-refractivity contribution in [1.82, 2.24) is 4.98 Å². The molecule has 3 heteroatoms. The highest BCUT2D eigenvalue weighted by Gasteiger charge is 2.12. The Morgan fingerprint density at radius 3 is 2.73 bits per heavy atom. The van der Waals surface area contributed by atoms with Crippen LogP contribution in [0.3, 0.4) is 0 Å². The molecule has 0 aliphatic rings. The Balaban J connectivity index is 2.47. The first-order chi connectivity index (χ1) is 7.11. The van der Waals surface area contributed by atoms with Crippen molar-refractivity contribution < 1.29 is 9.50 Å². The Kier molecular flexibility index (Phi) is 4.69. The average Bonchev–Trinajstić information content (AvgIpc) is 2.17. The van der Waals surface area contributed by atoms with E-state index < -0.39 is 11.9 Å². The lowest BCUT2D eigenvalue weighted by Crippen LogP contribution is -2.02. The Morgan fingerprint density at radius 2 is 2.13 bits per heavy atom. The maximum absolute atomic E-state index is 13.2. The van der Waals surface area contributed by atoms with Crippen LogP contribution in [-0.4, -0.2) is 10.1 Å². The monoisotopic (exact) mass is 211 g/mol. The Labute approximate surface area is 90.2 Å². The molecule has 0 spiro atoms. The Morgan fingerprint density at radius 1 is 1.40 bits per heavy atom. The van der Waals surface area contributed by atoms with Gasteiger partial charge in [-0.3, -0.25) is 4.98 Å². The van der Waals surface area contributed by atoms with Crippen LogP contribution in [0.25, 0.3) is 0 Å². The molecule has 0 aliphatic heterocycles. The van der Waals surface area contributed by atoms with Crippen molar-refractivity contribution >= 4 is 0 Å². The Hall–Kier alpha value is -0.960. The normalized spacial score (nSPS) is 13.1. The summed E-state index contributed by atoms with van der Waals surface area (Å²) < 4.78 is 13.2. The first-order valence-corrected chi connectivity index (χ1v) is 5.38. The van der Waals surface area contributed by atoms with E-state index >= 15 is 0 Å². The maximum Gasteiger partial charge on any atom is 0.147 e. The van der Waals surface area contributed by atoms with Crippen molar-refractivity contribution in [3.05, 3.63) is 29.8 Å². The van der Waals surface area contributed by atoms with Crippen LogP contribution in [0.1, 0.15) is 44.8 Å². The van der Waals surface area contributed by atoms with Gasteiger partial charge in [0.2, 0.25) is 0 Å². The number of aromatic nitrogens is 1. The van der Waals surface area contributed by atoms with Crippen LogP contribution in [0.15, 0.2) is 18.5 Å². The first-order valence-electron chi connectivity index (χ1n) is 5.38. The summed E-state index contributed by atoms with van der Waals surface area (Å²) in [5.74, 6) is 0.203. The van der Waals surface area contributed by atoms with Crippen LogP contribution < -0.4 is 0 Å². The van der Waals surface area contributed by atoms with Crippen LogP contribution in [0.5, 0.6) is 0 Å². The summed E-state index contributed by atoms with van der Waals surface area (Å²) in [4.78, 5) is 3.65. The first kappa shape index (κ1) is 12.1. The molecule has 0 aromatic carbocycles. The number of aliphatic hydroxyl groups is 1. The van der Waals surface area contributed by atoms with E-state index in [1.165, 1.54) is 12.3 Å². The molecule has 0 amide bonds. The second-order valence-electron chi connectivity index (χ2n) is 4.24. The zero-order valence-corrected chi connectivity index (χ0v) is 9.28. The van der Waals surface area contributed by atoms with Crippen LogP contribution in [0.2, 0.25) is 0 Å². The molecule has 0 radical (unpaired) electrons. The van der Waals surface area contributed by atoms with Gasteiger partial charge < -0.3 is 5.11 Å². The summed E-state index contributed by atoms with van der Waals surface area (Å²) in [6.07, 6.45) is 4.53.